The van der Waals surface area contributed by atoms with Gasteiger partial charge in [0.05, 0.1) is 0 Å². The average molecular weight is 373 g/mol. The Bertz CT molecular complexity index is 660. The van der Waals surface area contributed by atoms with E-state index >= 15 is 0 Å². The molecule has 142 valence electrons. The lowest BCUT2D eigenvalue weighted by molar-refractivity contribution is -0.153. The van der Waals surface area contributed by atoms with E-state index in [4.69, 9.17) is 4.74 Å². The molecule has 8 heteroatoms. The van der Waals surface area contributed by atoms with E-state index < -0.39 is 18.9 Å². The van der Waals surface area contributed by atoms with Crippen LogP contribution in [0.5, 0.6) is 11.5 Å². The Kier molecular flexibility index (Phi) is 7.23. The van der Waals surface area contributed by atoms with E-state index in [1.165, 1.54) is 36.4 Å². The molecule has 2 rings (SSSR count). The van der Waals surface area contributed by atoms with E-state index in [-0.39, 0.29) is 24.7 Å². The van der Waals surface area contributed by atoms with Crippen molar-refractivity contribution in [2.24, 2.45) is 0 Å². The molecule has 0 aliphatic rings. The molecule has 1 atom stereocenters. The molecule has 0 aromatic heterocycles. The second kappa shape index (κ2) is 9.40. The SMILES string of the molecule is OC(CNCc1ccc(OCC(F)(F)F)cc1)COc1ccc(F)cc1. The summed E-state index contributed by atoms with van der Waals surface area (Å²) >= 11 is 0. The van der Waals surface area contributed by atoms with Gasteiger partial charge in [0.25, 0.3) is 0 Å². The van der Waals surface area contributed by atoms with Crippen molar-refractivity contribution in [3.63, 3.8) is 0 Å². The molecule has 0 radical (unpaired) electrons. The Morgan fingerprint density at radius 2 is 1.50 bits per heavy atom. The number of aliphatic hydroxyl groups excluding tert-OH is 1. The van der Waals surface area contributed by atoms with Gasteiger partial charge in [-0.05, 0) is 42.0 Å². The quantitative estimate of drug-likeness (QED) is 0.663. The van der Waals surface area contributed by atoms with E-state index in [1.54, 1.807) is 12.1 Å². The monoisotopic (exact) mass is 373 g/mol. The van der Waals surface area contributed by atoms with Gasteiger partial charge in [-0.25, -0.2) is 4.39 Å². The van der Waals surface area contributed by atoms with Gasteiger partial charge in [0.1, 0.15) is 30.0 Å². The van der Waals surface area contributed by atoms with Crippen LogP contribution in [0.25, 0.3) is 0 Å². The third-order valence-corrected chi connectivity index (χ3v) is 3.29. The molecule has 0 spiro atoms. The van der Waals surface area contributed by atoms with Gasteiger partial charge in [-0.15, -0.1) is 0 Å². The fraction of sp³-hybridized carbons (Fsp3) is 0.333. The largest absolute Gasteiger partial charge is 0.491 e. The van der Waals surface area contributed by atoms with Crippen LogP contribution in [-0.2, 0) is 6.54 Å². The van der Waals surface area contributed by atoms with Crippen molar-refractivity contribution in [2.75, 3.05) is 19.8 Å². The molecule has 1 unspecified atom stereocenters. The second-order valence-electron chi connectivity index (χ2n) is 5.60. The van der Waals surface area contributed by atoms with Gasteiger partial charge >= 0.3 is 6.18 Å². The zero-order valence-electron chi connectivity index (χ0n) is 13.8. The smallest absolute Gasteiger partial charge is 0.422 e. The Labute approximate surface area is 148 Å². The lowest BCUT2D eigenvalue weighted by Crippen LogP contribution is -2.31. The molecule has 0 aliphatic carbocycles. The third kappa shape index (κ3) is 7.71. The number of nitrogens with one attached hydrogen (secondary N) is 1. The summed E-state index contributed by atoms with van der Waals surface area (Å²) in [4.78, 5) is 0. The first kappa shape index (κ1) is 20.0. The average Bonchev–Trinajstić information content (AvgIpc) is 2.60. The lowest BCUT2D eigenvalue weighted by Gasteiger charge is -2.14. The van der Waals surface area contributed by atoms with Crippen molar-refractivity contribution in [1.82, 2.24) is 5.32 Å². The maximum atomic E-state index is 12.8. The second-order valence-corrected chi connectivity index (χ2v) is 5.60. The normalized spacial score (nSPS) is 12.7. The molecule has 2 aromatic rings. The Hall–Kier alpha value is -2.32. The summed E-state index contributed by atoms with van der Waals surface area (Å²) in [6, 6.07) is 11.7. The third-order valence-electron chi connectivity index (χ3n) is 3.29. The minimum Gasteiger partial charge on any atom is -0.491 e. The highest BCUT2D eigenvalue weighted by Crippen LogP contribution is 2.18. The van der Waals surface area contributed by atoms with Gasteiger partial charge in [0.2, 0.25) is 0 Å². The molecule has 0 saturated heterocycles. The van der Waals surface area contributed by atoms with Crippen molar-refractivity contribution in [1.29, 1.82) is 0 Å². The molecule has 2 N–H and O–H groups in total. The maximum absolute atomic E-state index is 12.8. The van der Waals surface area contributed by atoms with E-state index in [0.29, 0.717) is 12.3 Å². The summed E-state index contributed by atoms with van der Waals surface area (Å²) in [6.07, 6.45) is -5.14. The number of halogens is 4. The summed E-state index contributed by atoms with van der Waals surface area (Å²) < 4.78 is 58.9. The number of ether oxygens (including phenoxy) is 2. The minimum absolute atomic E-state index is 0.0445. The zero-order valence-corrected chi connectivity index (χ0v) is 13.8. The molecular formula is C18H19F4NO3. The van der Waals surface area contributed by atoms with Crippen molar-refractivity contribution in [3.8, 4) is 11.5 Å². The molecule has 0 amide bonds. The molecular weight excluding hydrogens is 354 g/mol. The van der Waals surface area contributed by atoms with Gasteiger partial charge in [-0.2, -0.15) is 13.2 Å². The van der Waals surface area contributed by atoms with Gasteiger partial charge in [-0.3, -0.25) is 0 Å². The molecule has 4 nitrogen and oxygen atoms in total. The highest BCUT2D eigenvalue weighted by Gasteiger charge is 2.28. The molecule has 26 heavy (non-hydrogen) atoms. The summed E-state index contributed by atoms with van der Waals surface area (Å²) in [5, 5.41) is 12.9. The molecule has 0 bridgehead atoms. The van der Waals surface area contributed by atoms with E-state index in [0.717, 1.165) is 5.56 Å². The van der Waals surface area contributed by atoms with Crippen LogP contribution in [-0.4, -0.2) is 37.1 Å². The number of hydrogen-bond donors (Lipinski definition) is 2. The van der Waals surface area contributed by atoms with E-state index in [2.05, 4.69) is 10.1 Å². The topological polar surface area (TPSA) is 50.7 Å². The maximum Gasteiger partial charge on any atom is 0.422 e. The highest BCUT2D eigenvalue weighted by atomic mass is 19.4. The van der Waals surface area contributed by atoms with Crippen LogP contribution < -0.4 is 14.8 Å². The van der Waals surface area contributed by atoms with Crippen LogP contribution >= 0.6 is 0 Å². The predicted octanol–water partition coefficient (Wildman–Crippen LogP) is 3.30. The molecule has 0 heterocycles. The van der Waals surface area contributed by atoms with Crippen LogP contribution in [0, 0.1) is 5.82 Å². The van der Waals surface area contributed by atoms with Gasteiger partial charge in [-0.1, -0.05) is 12.1 Å². The summed E-state index contributed by atoms with van der Waals surface area (Å²) in [5.41, 5.74) is 0.830. The summed E-state index contributed by atoms with van der Waals surface area (Å²) in [5.74, 6) is 0.230. The van der Waals surface area contributed by atoms with Gasteiger partial charge in [0, 0.05) is 13.1 Å². The first-order valence-electron chi connectivity index (χ1n) is 7.87. The number of benzene rings is 2. The summed E-state index contributed by atoms with van der Waals surface area (Å²) in [6.45, 7) is -0.603. The van der Waals surface area contributed by atoms with Crippen LogP contribution in [0.2, 0.25) is 0 Å². The van der Waals surface area contributed by atoms with E-state index in [1.807, 2.05) is 0 Å². The van der Waals surface area contributed by atoms with Crippen molar-refractivity contribution in [2.45, 2.75) is 18.8 Å². The molecule has 0 fully saturated rings. The highest BCUT2D eigenvalue weighted by molar-refractivity contribution is 5.27. The van der Waals surface area contributed by atoms with E-state index in [9.17, 15) is 22.7 Å². The van der Waals surface area contributed by atoms with Crippen LogP contribution in [0.3, 0.4) is 0 Å². The fourth-order valence-electron chi connectivity index (χ4n) is 2.03. The fourth-order valence-corrected chi connectivity index (χ4v) is 2.03. The Morgan fingerprint density at radius 1 is 0.923 bits per heavy atom. The van der Waals surface area contributed by atoms with Crippen LogP contribution in [0.1, 0.15) is 5.56 Å². The number of hydrogen-bond acceptors (Lipinski definition) is 4. The van der Waals surface area contributed by atoms with Crippen LogP contribution in [0.4, 0.5) is 17.6 Å². The molecule has 2 aromatic carbocycles. The predicted molar refractivity (Wildman–Crippen MR) is 87.6 cm³/mol. The zero-order chi connectivity index (χ0) is 19.0. The molecule has 0 saturated carbocycles. The van der Waals surface area contributed by atoms with Crippen molar-refractivity contribution in [3.05, 3.63) is 59.9 Å². The standard InChI is InChI=1S/C18H19F4NO3/c19-14-3-7-16(8-4-14)25-11-15(24)10-23-9-13-1-5-17(6-2-13)26-12-18(20,21)22/h1-8,15,23-24H,9-12H2. The molecule has 0 aliphatic heterocycles. The van der Waals surface area contributed by atoms with Gasteiger partial charge < -0.3 is 19.9 Å². The number of aliphatic hydroxyl groups is 1. The van der Waals surface area contributed by atoms with Crippen molar-refractivity contribution >= 4 is 0 Å². The summed E-state index contributed by atoms with van der Waals surface area (Å²) in [7, 11) is 0. The number of alkyl halides is 3. The number of rotatable bonds is 9. The first-order chi connectivity index (χ1) is 12.3. The Morgan fingerprint density at radius 3 is 2.12 bits per heavy atom. The minimum atomic E-state index is -4.37. The van der Waals surface area contributed by atoms with Crippen LogP contribution in [0.15, 0.2) is 48.5 Å². The Balaban J connectivity index is 1.66. The first-order valence-corrected chi connectivity index (χ1v) is 7.87. The van der Waals surface area contributed by atoms with Crippen molar-refractivity contribution < 1.29 is 32.1 Å². The van der Waals surface area contributed by atoms with Gasteiger partial charge in [0.15, 0.2) is 6.61 Å². The lowest BCUT2D eigenvalue weighted by atomic mass is 10.2.